The third kappa shape index (κ3) is 1.68. The molecule has 0 aromatic carbocycles. The van der Waals surface area contributed by atoms with Crippen molar-refractivity contribution in [3.8, 4) is 0 Å². The van der Waals surface area contributed by atoms with E-state index in [4.69, 9.17) is 0 Å². The number of hydrogen-bond donors (Lipinski definition) is 1. The zero-order chi connectivity index (χ0) is 8.39. The van der Waals surface area contributed by atoms with Gasteiger partial charge in [-0.15, -0.1) is 0 Å². The summed E-state index contributed by atoms with van der Waals surface area (Å²) >= 11 is 3.56. The largest absolute Gasteiger partial charge is 0.387 e. The molecule has 12 heavy (non-hydrogen) atoms. The van der Waals surface area contributed by atoms with E-state index >= 15 is 0 Å². The molecule has 0 spiro atoms. The average molecular weight is 200 g/mol. The van der Waals surface area contributed by atoms with Crippen LogP contribution >= 0.6 is 23.1 Å². The average Bonchev–Trinajstić information content (AvgIpc) is 2.77. The predicted molar refractivity (Wildman–Crippen MR) is 54.8 cm³/mol. The maximum Gasteiger partial charge on any atom is 0.0916 e. The Bertz CT molecular complexity index is 227. The Morgan fingerprint density at radius 2 is 2.50 bits per heavy atom. The highest BCUT2D eigenvalue weighted by Crippen LogP contribution is 2.36. The predicted octanol–water partition coefficient (Wildman–Crippen LogP) is 2.68. The maximum atomic E-state index is 9.90. The number of aliphatic hydroxyl groups is 1. The molecule has 1 aromatic rings. The zero-order valence-corrected chi connectivity index (χ0v) is 8.40. The Morgan fingerprint density at radius 3 is 3.08 bits per heavy atom. The molecule has 0 amide bonds. The molecule has 1 aliphatic heterocycles. The van der Waals surface area contributed by atoms with Gasteiger partial charge in [-0.25, -0.2) is 0 Å². The van der Waals surface area contributed by atoms with Gasteiger partial charge in [0.2, 0.25) is 0 Å². The summed E-state index contributed by atoms with van der Waals surface area (Å²) in [6.45, 7) is 0. The molecular formula is C9H12OS2. The van der Waals surface area contributed by atoms with E-state index in [2.05, 4.69) is 0 Å². The molecule has 0 radical (unpaired) electrons. The van der Waals surface area contributed by atoms with Crippen LogP contribution in [0.25, 0.3) is 0 Å². The van der Waals surface area contributed by atoms with E-state index in [0.29, 0.717) is 5.25 Å². The van der Waals surface area contributed by atoms with Gasteiger partial charge in [-0.05, 0) is 41.0 Å². The smallest absolute Gasteiger partial charge is 0.0916 e. The van der Waals surface area contributed by atoms with Crippen molar-refractivity contribution in [1.82, 2.24) is 0 Å². The molecule has 0 bridgehead atoms. The van der Waals surface area contributed by atoms with E-state index < -0.39 is 0 Å². The molecule has 0 saturated carbocycles. The summed E-state index contributed by atoms with van der Waals surface area (Å²) in [6, 6.07) is 2.02. The first-order valence-corrected chi connectivity index (χ1v) is 6.19. The fourth-order valence-electron chi connectivity index (χ4n) is 1.51. The van der Waals surface area contributed by atoms with Crippen molar-refractivity contribution in [2.75, 3.05) is 5.75 Å². The van der Waals surface area contributed by atoms with Crippen molar-refractivity contribution in [3.05, 3.63) is 22.4 Å². The third-order valence-electron chi connectivity index (χ3n) is 2.20. The molecule has 0 aliphatic carbocycles. The summed E-state index contributed by atoms with van der Waals surface area (Å²) < 4.78 is 0. The Kier molecular flexibility index (Phi) is 2.73. The van der Waals surface area contributed by atoms with Gasteiger partial charge in [0.25, 0.3) is 0 Å². The third-order valence-corrected chi connectivity index (χ3v) is 4.35. The van der Waals surface area contributed by atoms with Gasteiger partial charge in [-0.3, -0.25) is 0 Å². The molecule has 66 valence electrons. The van der Waals surface area contributed by atoms with E-state index in [0.717, 1.165) is 5.56 Å². The summed E-state index contributed by atoms with van der Waals surface area (Å²) in [4.78, 5) is 0. The molecule has 1 fully saturated rings. The Hall–Kier alpha value is 0.01000. The van der Waals surface area contributed by atoms with E-state index in [1.54, 1.807) is 11.3 Å². The summed E-state index contributed by atoms with van der Waals surface area (Å²) in [5.41, 5.74) is 1.10. The van der Waals surface area contributed by atoms with Gasteiger partial charge in [-0.2, -0.15) is 23.1 Å². The van der Waals surface area contributed by atoms with Crippen molar-refractivity contribution in [2.24, 2.45) is 0 Å². The summed E-state index contributed by atoms with van der Waals surface area (Å²) in [5.74, 6) is 1.21. The quantitative estimate of drug-likeness (QED) is 0.792. The van der Waals surface area contributed by atoms with Crippen LogP contribution in [-0.4, -0.2) is 16.1 Å². The van der Waals surface area contributed by atoms with Crippen molar-refractivity contribution < 1.29 is 5.11 Å². The molecule has 1 saturated heterocycles. The van der Waals surface area contributed by atoms with Crippen LogP contribution in [0.2, 0.25) is 0 Å². The zero-order valence-electron chi connectivity index (χ0n) is 6.77. The molecular weight excluding hydrogens is 188 g/mol. The Balaban J connectivity index is 2.04. The number of thiophene rings is 1. The second-order valence-corrected chi connectivity index (χ2v) is 5.18. The van der Waals surface area contributed by atoms with Gasteiger partial charge >= 0.3 is 0 Å². The summed E-state index contributed by atoms with van der Waals surface area (Å²) in [6.07, 6.45) is 2.20. The number of rotatable bonds is 2. The Labute approximate surface area is 80.8 Å². The van der Waals surface area contributed by atoms with Crippen LogP contribution < -0.4 is 0 Å². The molecule has 1 N–H and O–H groups in total. The van der Waals surface area contributed by atoms with Crippen LogP contribution in [0.3, 0.4) is 0 Å². The first kappa shape index (κ1) is 8.60. The molecule has 2 heterocycles. The molecule has 2 atom stereocenters. The monoisotopic (exact) mass is 200 g/mol. The lowest BCUT2D eigenvalue weighted by Crippen LogP contribution is -2.10. The van der Waals surface area contributed by atoms with Crippen LogP contribution in [0, 0.1) is 0 Å². The molecule has 3 heteroatoms. The van der Waals surface area contributed by atoms with Crippen molar-refractivity contribution >= 4 is 23.1 Å². The minimum atomic E-state index is -0.233. The lowest BCUT2D eigenvalue weighted by molar-refractivity contribution is 0.173. The summed E-state index contributed by atoms with van der Waals surface area (Å²) in [5, 5.41) is 14.4. The second-order valence-electron chi connectivity index (χ2n) is 3.05. The highest BCUT2D eigenvalue weighted by atomic mass is 32.2. The Morgan fingerprint density at radius 1 is 1.58 bits per heavy atom. The van der Waals surface area contributed by atoms with Crippen LogP contribution in [0.15, 0.2) is 16.8 Å². The van der Waals surface area contributed by atoms with Gasteiger partial charge in [0.1, 0.15) is 0 Å². The van der Waals surface area contributed by atoms with Crippen LogP contribution in [0.5, 0.6) is 0 Å². The number of aliphatic hydroxyl groups excluding tert-OH is 1. The van der Waals surface area contributed by atoms with Crippen LogP contribution in [0.1, 0.15) is 24.5 Å². The van der Waals surface area contributed by atoms with Crippen LogP contribution in [0.4, 0.5) is 0 Å². The standard InChI is InChI=1S/C9H12OS2/c10-9(7-3-5-11-6-7)8-2-1-4-12-8/h3,5-6,8-10H,1-2,4H2. The fraction of sp³-hybridized carbons (Fsp3) is 0.556. The molecule has 2 unspecified atom stereocenters. The maximum absolute atomic E-state index is 9.90. The summed E-state index contributed by atoms with van der Waals surface area (Å²) in [7, 11) is 0. The molecule has 1 aliphatic rings. The molecule has 1 aromatic heterocycles. The highest BCUT2D eigenvalue weighted by molar-refractivity contribution is 8.00. The lowest BCUT2D eigenvalue weighted by atomic mass is 10.1. The highest BCUT2D eigenvalue weighted by Gasteiger charge is 2.24. The normalized spacial score (nSPS) is 25.9. The minimum absolute atomic E-state index is 0.233. The van der Waals surface area contributed by atoms with Crippen molar-refractivity contribution in [1.29, 1.82) is 0 Å². The minimum Gasteiger partial charge on any atom is -0.387 e. The number of hydrogen-bond acceptors (Lipinski definition) is 3. The first-order chi connectivity index (χ1) is 5.88. The molecule has 1 nitrogen and oxygen atoms in total. The first-order valence-electron chi connectivity index (χ1n) is 4.19. The second kappa shape index (κ2) is 3.81. The van der Waals surface area contributed by atoms with Gasteiger partial charge in [0.15, 0.2) is 0 Å². The van der Waals surface area contributed by atoms with Gasteiger partial charge in [-0.1, -0.05) is 0 Å². The fourth-order valence-corrected chi connectivity index (χ4v) is 3.51. The topological polar surface area (TPSA) is 20.2 Å². The lowest BCUT2D eigenvalue weighted by Gasteiger charge is -2.15. The van der Waals surface area contributed by atoms with Crippen LogP contribution in [-0.2, 0) is 0 Å². The van der Waals surface area contributed by atoms with E-state index in [1.165, 1.54) is 18.6 Å². The van der Waals surface area contributed by atoms with E-state index in [1.807, 2.05) is 28.6 Å². The van der Waals surface area contributed by atoms with Gasteiger partial charge in [0, 0.05) is 5.25 Å². The number of thioether (sulfide) groups is 1. The SMILES string of the molecule is OC(c1ccsc1)C1CCCS1. The van der Waals surface area contributed by atoms with Gasteiger partial charge < -0.3 is 5.11 Å². The molecule has 2 rings (SSSR count). The van der Waals surface area contributed by atoms with Gasteiger partial charge in [0.05, 0.1) is 6.10 Å². The van der Waals surface area contributed by atoms with E-state index in [9.17, 15) is 5.11 Å². The van der Waals surface area contributed by atoms with E-state index in [-0.39, 0.29) is 6.10 Å². The van der Waals surface area contributed by atoms with Crippen molar-refractivity contribution in [2.45, 2.75) is 24.2 Å². The van der Waals surface area contributed by atoms with Crippen molar-refractivity contribution in [3.63, 3.8) is 0 Å².